The van der Waals surface area contributed by atoms with Gasteiger partial charge in [0.25, 0.3) is 0 Å². The summed E-state index contributed by atoms with van der Waals surface area (Å²) in [6.45, 7) is 0. The summed E-state index contributed by atoms with van der Waals surface area (Å²) in [4.78, 5) is 17.7. The number of fused-ring (bicyclic) bond motifs is 1. The Labute approximate surface area is 132 Å². The average Bonchev–Trinajstić information content (AvgIpc) is 2.92. The maximum Gasteiger partial charge on any atom is 0.209 e. The van der Waals surface area contributed by atoms with Gasteiger partial charge in [0.2, 0.25) is 5.95 Å². The van der Waals surface area contributed by atoms with Crippen molar-refractivity contribution in [1.82, 2.24) is 24.5 Å². The molecule has 0 radical (unpaired) electrons. The number of anilines is 2. The zero-order valence-corrected chi connectivity index (χ0v) is 12.5. The number of benzene rings is 1. The Balaban J connectivity index is 1.70. The van der Waals surface area contributed by atoms with Crippen LogP contribution in [-0.2, 0) is 7.05 Å². The highest BCUT2D eigenvalue weighted by atomic mass is 15.2. The van der Waals surface area contributed by atoms with E-state index in [-0.39, 0.29) is 0 Å². The van der Waals surface area contributed by atoms with E-state index in [1.165, 1.54) is 0 Å². The number of imidazole rings is 1. The molecule has 0 atom stereocenters. The van der Waals surface area contributed by atoms with Gasteiger partial charge in [0.1, 0.15) is 5.69 Å². The zero-order valence-electron chi connectivity index (χ0n) is 12.5. The minimum atomic E-state index is 0.631. The number of para-hydroxylation sites is 2. The topological polar surface area (TPSA) is 68.5 Å². The van der Waals surface area contributed by atoms with Crippen molar-refractivity contribution < 1.29 is 0 Å². The Morgan fingerprint density at radius 1 is 0.913 bits per heavy atom. The third-order valence-corrected chi connectivity index (χ3v) is 3.59. The second-order valence-electron chi connectivity index (χ2n) is 5.11. The summed E-state index contributed by atoms with van der Waals surface area (Å²) < 4.78 is 1.99. The van der Waals surface area contributed by atoms with Crippen molar-refractivity contribution in [3.63, 3.8) is 0 Å². The number of rotatable bonds is 3. The molecule has 3 aromatic heterocycles. The van der Waals surface area contributed by atoms with Gasteiger partial charge >= 0.3 is 0 Å². The minimum absolute atomic E-state index is 0.631. The van der Waals surface area contributed by atoms with Crippen molar-refractivity contribution in [2.45, 2.75) is 0 Å². The molecule has 1 N–H and O–H groups in total. The van der Waals surface area contributed by atoms with Crippen LogP contribution >= 0.6 is 0 Å². The van der Waals surface area contributed by atoms with Gasteiger partial charge in [-0.25, -0.2) is 9.97 Å². The lowest BCUT2D eigenvalue weighted by molar-refractivity contribution is 0.954. The SMILES string of the molecule is Cn1c(Nc2cncc(-c3ccccn3)n2)nc2ccccc21. The molecule has 3 heterocycles. The summed E-state index contributed by atoms with van der Waals surface area (Å²) in [5.41, 5.74) is 3.50. The van der Waals surface area contributed by atoms with Gasteiger partial charge in [-0.05, 0) is 24.3 Å². The van der Waals surface area contributed by atoms with E-state index < -0.39 is 0 Å². The predicted octanol–water partition coefficient (Wildman–Crippen LogP) is 3.17. The molecular formula is C17H14N6. The van der Waals surface area contributed by atoms with E-state index in [0.717, 1.165) is 28.4 Å². The number of nitrogens with zero attached hydrogens (tertiary/aromatic N) is 5. The summed E-state index contributed by atoms with van der Waals surface area (Å²) in [7, 11) is 1.97. The molecule has 23 heavy (non-hydrogen) atoms. The highest BCUT2D eigenvalue weighted by Gasteiger charge is 2.09. The Bertz CT molecular complexity index is 961. The van der Waals surface area contributed by atoms with Crippen LogP contribution in [0.15, 0.2) is 61.1 Å². The van der Waals surface area contributed by atoms with E-state index in [9.17, 15) is 0 Å². The lowest BCUT2D eigenvalue weighted by Crippen LogP contribution is -2.02. The number of hydrogen-bond donors (Lipinski definition) is 1. The van der Waals surface area contributed by atoms with Gasteiger partial charge in [-0.15, -0.1) is 0 Å². The molecule has 1 aromatic carbocycles. The van der Waals surface area contributed by atoms with Crippen molar-refractivity contribution in [2.24, 2.45) is 7.05 Å². The lowest BCUT2D eigenvalue weighted by atomic mass is 10.3. The van der Waals surface area contributed by atoms with Gasteiger partial charge in [-0.3, -0.25) is 9.97 Å². The van der Waals surface area contributed by atoms with Crippen LogP contribution in [0.5, 0.6) is 0 Å². The van der Waals surface area contributed by atoms with Crippen molar-refractivity contribution in [1.29, 1.82) is 0 Å². The quantitative estimate of drug-likeness (QED) is 0.629. The van der Waals surface area contributed by atoms with Crippen LogP contribution in [0.1, 0.15) is 0 Å². The number of hydrogen-bond acceptors (Lipinski definition) is 5. The first kappa shape index (κ1) is 13.4. The van der Waals surface area contributed by atoms with Gasteiger partial charge in [0.05, 0.1) is 29.1 Å². The summed E-state index contributed by atoms with van der Waals surface area (Å²) in [5, 5.41) is 3.22. The van der Waals surface area contributed by atoms with E-state index in [4.69, 9.17) is 0 Å². The fourth-order valence-electron chi connectivity index (χ4n) is 2.44. The van der Waals surface area contributed by atoms with Gasteiger partial charge < -0.3 is 9.88 Å². The van der Waals surface area contributed by atoms with Gasteiger partial charge in [0, 0.05) is 13.2 Å². The number of aromatic nitrogens is 5. The minimum Gasteiger partial charge on any atom is -0.313 e. The van der Waals surface area contributed by atoms with E-state index in [2.05, 4.69) is 25.3 Å². The summed E-state index contributed by atoms with van der Waals surface area (Å²) in [6.07, 6.45) is 5.11. The molecule has 0 aliphatic carbocycles. The Hall–Kier alpha value is -3.28. The smallest absolute Gasteiger partial charge is 0.209 e. The van der Waals surface area contributed by atoms with Crippen LogP contribution in [-0.4, -0.2) is 24.5 Å². The molecule has 4 aromatic rings. The van der Waals surface area contributed by atoms with E-state index in [0.29, 0.717) is 5.82 Å². The van der Waals surface area contributed by atoms with Gasteiger partial charge in [-0.1, -0.05) is 18.2 Å². The standard InChI is InChI=1S/C17H14N6/c1-23-15-8-3-2-7-13(15)21-17(23)22-16-11-18-10-14(20-16)12-6-4-5-9-19-12/h2-11H,1H3,(H,20,21,22). The Morgan fingerprint density at radius 2 is 1.78 bits per heavy atom. The van der Waals surface area contributed by atoms with Crippen LogP contribution in [0.2, 0.25) is 0 Å². The van der Waals surface area contributed by atoms with Crippen LogP contribution in [0.3, 0.4) is 0 Å². The first-order valence-electron chi connectivity index (χ1n) is 7.23. The van der Waals surface area contributed by atoms with E-state index in [1.807, 2.05) is 54.1 Å². The van der Waals surface area contributed by atoms with Crippen LogP contribution in [0.4, 0.5) is 11.8 Å². The summed E-state index contributed by atoms with van der Waals surface area (Å²) in [5.74, 6) is 1.35. The highest BCUT2D eigenvalue weighted by Crippen LogP contribution is 2.21. The van der Waals surface area contributed by atoms with Crippen LogP contribution in [0, 0.1) is 0 Å². The molecule has 0 aliphatic rings. The van der Waals surface area contributed by atoms with Crippen molar-refractivity contribution in [2.75, 3.05) is 5.32 Å². The molecule has 0 saturated carbocycles. The van der Waals surface area contributed by atoms with Gasteiger partial charge in [-0.2, -0.15) is 0 Å². The monoisotopic (exact) mass is 302 g/mol. The molecule has 0 bridgehead atoms. The number of nitrogens with one attached hydrogen (secondary N) is 1. The van der Waals surface area contributed by atoms with Crippen molar-refractivity contribution in [3.8, 4) is 11.4 Å². The highest BCUT2D eigenvalue weighted by molar-refractivity contribution is 5.79. The number of aryl methyl sites for hydroxylation is 1. The molecule has 0 spiro atoms. The average molecular weight is 302 g/mol. The fourth-order valence-corrected chi connectivity index (χ4v) is 2.44. The van der Waals surface area contributed by atoms with E-state index >= 15 is 0 Å². The lowest BCUT2D eigenvalue weighted by Gasteiger charge is -2.06. The normalized spacial score (nSPS) is 10.8. The third-order valence-electron chi connectivity index (χ3n) is 3.59. The first-order chi connectivity index (χ1) is 11.3. The largest absolute Gasteiger partial charge is 0.313 e. The molecule has 0 saturated heterocycles. The molecule has 6 nitrogen and oxygen atoms in total. The van der Waals surface area contributed by atoms with E-state index in [1.54, 1.807) is 18.6 Å². The van der Waals surface area contributed by atoms with Crippen molar-refractivity contribution >= 4 is 22.8 Å². The second kappa shape index (κ2) is 5.49. The summed E-state index contributed by atoms with van der Waals surface area (Å²) >= 11 is 0. The molecule has 0 amide bonds. The molecule has 0 aliphatic heterocycles. The molecule has 0 fully saturated rings. The molecule has 4 rings (SSSR count). The van der Waals surface area contributed by atoms with Gasteiger partial charge in [0.15, 0.2) is 5.82 Å². The third kappa shape index (κ3) is 2.50. The molecule has 112 valence electrons. The first-order valence-corrected chi connectivity index (χ1v) is 7.23. The van der Waals surface area contributed by atoms with Crippen LogP contribution in [0.25, 0.3) is 22.4 Å². The Morgan fingerprint density at radius 3 is 2.61 bits per heavy atom. The van der Waals surface area contributed by atoms with Crippen LogP contribution < -0.4 is 5.32 Å². The maximum atomic E-state index is 4.58. The summed E-state index contributed by atoms with van der Waals surface area (Å²) in [6, 6.07) is 13.7. The fraction of sp³-hybridized carbons (Fsp3) is 0.0588. The Kier molecular flexibility index (Phi) is 3.20. The molecule has 0 unspecified atom stereocenters. The maximum absolute atomic E-state index is 4.58. The zero-order chi connectivity index (χ0) is 15.6. The predicted molar refractivity (Wildman–Crippen MR) is 89.3 cm³/mol. The second-order valence-corrected chi connectivity index (χ2v) is 5.11. The van der Waals surface area contributed by atoms with Crippen molar-refractivity contribution in [3.05, 3.63) is 61.1 Å². The molecular weight excluding hydrogens is 288 g/mol. The number of pyridine rings is 1. The molecule has 6 heteroatoms.